The Morgan fingerprint density at radius 2 is 2.06 bits per heavy atom. The van der Waals surface area contributed by atoms with Crippen molar-refractivity contribution in [3.8, 4) is 0 Å². The Bertz CT molecular complexity index is 364. The van der Waals surface area contributed by atoms with Crippen LogP contribution in [0.3, 0.4) is 0 Å². The normalized spacial score (nSPS) is 19.1. The van der Waals surface area contributed by atoms with Gasteiger partial charge in [-0.15, -0.1) is 0 Å². The molecule has 1 aliphatic rings. The zero-order valence-electron chi connectivity index (χ0n) is 11.0. The highest BCUT2D eigenvalue weighted by molar-refractivity contribution is 5.27. The molecule has 1 nitrogen and oxygen atoms in total. The summed E-state index contributed by atoms with van der Waals surface area (Å²) < 4.78 is 13.5. The Morgan fingerprint density at radius 3 is 2.59 bits per heavy atom. The highest BCUT2D eigenvalue weighted by Gasteiger charge is 2.33. The Balaban J connectivity index is 2.23. The summed E-state index contributed by atoms with van der Waals surface area (Å²) in [5.74, 6) is 1.30. The maximum Gasteiger partial charge on any atom is 0.123 e. The zero-order valence-corrected chi connectivity index (χ0v) is 11.0. The van der Waals surface area contributed by atoms with E-state index in [1.807, 2.05) is 6.92 Å². The summed E-state index contributed by atoms with van der Waals surface area (Å²) in [6, 6.07) is 5.67. The third kappa shape index (κ3) is 3.06. The van der Waals surface area contributed by atoms with E-state index in [1.54, 1.807) is 12.1 Å². The van der Waals surface area contributed by atoms with Gasteiger partial charge in [-0.05, 0) is 61.4 Å². The molecular weight excluding hydrogens is 213 g/mol. The molecule has 1 fully saturated rings. The van der Waals surface area contributed by atoms with Crippen molar-refractivity contribution in [1.82, 2.24) is 5.32 Å². The molecule has 1 aromatic carbocycles. The van der Waals surface area contributed by atoms with E-state index in [0.717, 1.165) is 23.6 Å². The molecule has 0 spiro atoms. The molecule has 0 radical (unpaired) electrons. The second-order valence-electron chi connectivity index (χ2n) is 5.29. The molecule has 17 heavy (non-hydrogen) atoms. The molecule has 94 valence electrons. The average Bonchev–Trinajstić information content (AvgIpc) is 3.07. The topological polar surface area (TPSA) is 12.0 Å². The number of nitrogens with one attached hydrogen (secondary N) is 1. The van der Waals surface area contributed by atoms with Crippen molar-refractivity contribution >= 4 is 0 Å². The molecule has 0 bridgehead atoms. The van der Waals surface area contributed by atoms with Crippen LogP contribution in [0.1, 0.15) is 43.9 Å². The first-order valence-electron chi connectivity index (χ1n) is 6.62. The van der Waals surface area contributed by atoms with Crippen LogP contribution in [0.25, 0.3) is 0 Å². The van der Waals surface area contributed by atoms with E-state index in [0.29, 0.717) is 12.0 Å². The first kappa shape index (κ1) is 12.6. The fourth-order valence-electron chi connectivity index (χ4n) is 2.67. The van der Waals surface area contributed by atoms with Crippen molar-refractivity contribution < 1.29 is 4.39 Å². The van der Waals surface area contributed by atoms with Crippen LogP contribution in [0, 0.1) is 24.6 Å². The third-order valence-corrected chi connectivity index (χ3v) is 3.74. The van der Waals surface area contributed by atoms with E-state index in [-0.39, 0.29) is 5.82 Å². The molecule has 0 amide bonds. The fourth-order valence-corrected chi connectivity index (χ4v) is 2.67. The number of hydrogen-bond donors (Lipinski definition) is 1. The van der Waals surface area contributed by atoms with Crippen LogP contribution in [-0.4, -0.2) is 6.54 Å². The Kier molecular flexibility index (Phi) is 3.82. The number of hydrogen-bond acceptors (Lipinski definition) is 1. The minimum atomic E-state index is -0.120. The van der Waals surface area contributed by atoms with Gasteiger partial charge >= 0.3 is 0 Å². The summed E-state index contributed by atoms with van der Waals surface area (Å²) in [5.41, 5.74) is 2.11. The summed E-state index contributed by atoms with van der Waals surface area (Å²) in [5, 5.41) is 3.51. The van der Waals surface area contributed by atoms with Crippen molar-refractivity contribution in [2.75, 3.05) is 6.54 Å². The molecular formula is C15H22FN. The first-order chi connectivity index (χ1) is 8.11. The smallest absolute Gasteiger partial charge is 0.123 e. The van der Waals surface area contributed by atoms with Gasteiger partial charge in [0.05, 0.1) is 0 Å². The summed E-state index contributed by atoms with van der Waals surface area (Å²) >= 11 is 0. The van der Waals surface area contributed by atoms with Gasteiger partial charge in [-0.25, -0.2) is 4.39 Å². The van der Waals surface area contributed by atoms with Crippen LogP contribution >= 0.6 is 0 Å². The maximum absolute atomic E-state index is 13.5. The molecule has 1 aliphatic carbocycles. The molecule has 2 unspecified atom stereocenters. The summed E-state index contributed by atoms with van der Waals surface area (Å²) in [6.45, 7) is 7.28. The second kappa shape index (κ2) is 5.18. The first-order valence-corrected chi connectivity index (χ1v) is 6.62. The van der Waals surface area contributed by atoms with Gasteiger partial charge in [0, 0.05) is 6.04 Å². The molecule has 1 N–H and O–H groups in total. The number of benzene rings is 1. The lowest BCUT2D eigenvalue weighted by Gasteiger charge is -2.25. The molecule has 2 heteroatoms. The lowest BCUT2D eigenvalue weighted by molar-refractivity contribution is 0.354. The zero-order chi connectivity index (χ0) is 12.4. The minimum absolute atomic E-state index is 0.120. The van der Waals surface area contributed by atoms with Crippen LogP contribution in [0.4, 0.5) is 4.39 Å². The van der Waals surface area contributed by atoms with Gasteiger partial charge in [0.25, 0.3) is 0 Å². The van der Waals surface area contributed by atoms with Crippen molar-refractivity contribution in [2.45, 2.75) is 39.7 Å². The Hall–Kier alpha value is -0.890. The standard InChI is InChI=1S/C15H22FN/c1-4-17-15(11(3)12-5-6-12)13-7-10(2)8-14(16)9-13/h7-9,11-12,15,17H,4-6H2,1-3H3. The third-order valence-electron chi connectivity index (χ3n) is 3.74. The van der Waals surface area contributed by atoms with Crippen LogP contribution in [-0.2, 0) is 0 Å². The highest BCUT2D eigenvalue weighted by atomic mass is 19.1. The second-order valence-corrected chi connectivity index (χ2v) is 5.29. The average molecular weight is 235 g/mol. The van der Waals surface area contributed by atoms with Gasteiger partial charge in [0.2, 0.25) is 0 Å². The van der Waals surface area contributed by atoms with Crippen LogP contribution in [0.2, 0.25) is 0 Å². The minimum Gasteiger partial charge on any atom is -0.310 e. The summed E-state index contributed by atoms with van der Waals surface area (Å²) in [7, 11) is 0. The SMILES string of the molecule is CCNC(c1cc(C)cc(F)c1)C(C)C1CC1. The summed E-state index contributed by atoms with van der Waals surface area (Å²) in [6.07, 6.45) is 2.66. The molecule has 1 saturated carbocycles. The predicted octanol–water partition coefficient (Wildman–Crippen LogP) is 3.83. The molecule has 0 aromatic heterocycles. The van der Waals surface area contributed by atoms with Crippen molar-refractivity contribution in [3.05, 3.63) is 35.1 Å². The van der Waals surface area contributed by atoms with Gasteiger partial charge in [0.15, 0.2) is 0 Å². The summed E-state index contributed by atoms with van der Waals surface area (Å²) in [4.78, 5) is 0. The molecule has 2 rings (SSSR count). The van der Waals surface area contributed by atoms with Crippen molar-refractivity contribution in [1.29, 1.82) is 0 Å². The van der Waals surface area contributed by atoms with Crippen LogP contribution in [0.15, 0.2) is 18.2 Å². The van der Waals surface area contributed by atoms with E-state index in [9.17, 15) is 4.39 Å². The van der Waals surface area contributed by atoms with E-state index in [2.05, 4.69) is 25.2 Å². The Labute approximate surface area is 103 Å². The van der Waals surface area contributed by atoms with E-state index in [1.165, 1.54) is 12.8 Å². The molecule has 0 heterocycles. The van der Waals surface area contributed by atoms with Gasteiger partial charge in [-0.2, -0.15) is 0 Å². The van der Waals surface area contributed by atoms with Gasteiger partial charge in [0.1, 0.15) is 5.82 Å². The van der Waals surface area contributed by atoms with E-state index < -0.39 is 0 Å². The lowest BCUT2D eigenvalue weighted by atomic mass is 9.90. The predicted molar refractivity (Wildman–Crippen MR) is 69.4 cm³/mol. The van der Waals surface area contributed by atoms with E-state index >= 15 is 0 Å². The monoisotopic (exact) mass is 235 g/mol. The van der Waals surface area contributed by atoms with E-state index in [4.69, 9.17) is 0 Å². The van der Waals surface area contributed by atoms with Gasteiger partial charge in [-0.1, -0.05) is 19.9 Å². The van der Waals surface area contributed by atoms with Gasteiger partial charge in [-0.3, -0.25) is 0 Å². The number of halogens is 1. The maximum atomic E-state index is 13.5. The number of aryl methyl sites for hydroxylation is 1. The molecule has 0 aliphatic heterocycles. The van der Waals surface area contributed by atoms with Crippen molar-refractivity contribution in [3.63, 3.8) is 0 Å². The fraction of sp³-hybridized carbons (Fsp3) is 0.600. The highest BCUT2D eigenvalue weighted by Crippen LogP contribution is 2.42. The van der Waals surface area contributed by atoms with Crippen LogP contribution < -0.4 is 5.32 Å². The van der Waals surface area contributed by atoms with Gasteiger partial charge < -0.3 is 5.32 Å². The lowest BCUT2D eigenvalue weighted by Crippen LogP contribution is -2.28. The Morgan fingerprint density at radius 1 is 1.35 bits per heavy atom. The largest absolute Gasteiger partial charge is 0.310 e. The van der Waals surface area contributed by atoms with Crippen LogP contribution in [0.5, 0.6) is 0 Å². The molecule has 1 aromatic rings. The number of rotatable bonds is 5. The molecule has 2 atom stereocenters. The quantitative estimate of drug-likeness (QED) is 0.818. The van der Waals surface area contributed by atoms with Crippen molar-refractivity contribution in [2.24, 2.45) is 11.8 Å². The molecule has 0 saturated heterocycles.